The molecule has 100 valence electrons. The molecule has 3 nitrogen and oxygen atoms in total. The van der Waals surface area contributed by atoms with Crippen LogP contribution in [0.4, 0.5) is 0 Å². The largest absolute Gasteiger partial charge is 0.334 e. The number of hydrogen-bond acceptors (Lipinski definition) is 3. The molecule has 1 heterocycles. The first-order chi connectivity index (χ1) is 7.88. The molecule has 0 bridgehead atoms. The van der Waals surface area contributed by atoms with Gasteiger partial charge in [-0.3, -0.25) is 4.79 Å². The van der Waals surface area contributed by atoms with Gasteiger partial charge in [0.2, 0.25) is 5.91 Å². The lowest BCUT2D eigenvalue weighted by Crippen LogP contribution is -2.61. The molecular formula is C13H26N2OS. The molecule has 0 aromatic carbocycles. The fraction of sp³-hybridized carbons (Fsp3) is 0.923. The summed E-state index contributed by atoms with van der Waals surface area (Å²) in [5, 5.41) is 0. The monoisotopic (exact) mass is 258 g/mol. The Kier molecular flexibility index (Phi) is 5.32. The van der Waals surface area contributed by atoms with E-state index >= 15 is 0 Å². The van der Waals surface area contributed by atoms with E-state index in [4.69, 9.17) is 0 Å². The Bertz CT molecular complexity index is 250. The van der Waals surface area contributed by atoms with Crippen LogP contribution in [0.2, 0.25) is 0 Å². The lowest BCUT2D eigenvalue weighted by molar-refractivity contribution is -0.139. The highest BCUT2D eigenvalue weighted by Gasteiger charge is 2.38. The number of rotatable bonds is 3. The summed E-state index contributed by atoms with van der Waals surface area (Å²) in [7, 11) is 0. The number of hydrogen-bond donors (Lipinski definition) is 0. The third-order valence-electron chi connectivity index (χ3n) is 3.66. The van der Waals surface area contributed by atoms with E-state index < -0.39 is 0 Å². The van der Waals surface area contributed by atoms with Crippen LogP contribution in [0.25, 0.3) is 0 Å². The molecule has 0 aromatic heterocycles. The molecule has 0 aromatic rings. The maximum atomic E-state index is 11.9. The summed E-state index contributed by atoms with van der Waals surface area (Å²) in [4.78, 5) is 14.1. The average molecular weight is 258 g/mol. The molecule has 4 heteroatoms. The predicted molar refractivity (Wildman–Crippen MR) is 74.9 cm³/mol. The molecule has 0 spiro atoms. The molecule has 0 N–H and O–H groups in total. The third-order valence-corrected chi connectivity index (χ3v) is 4.47. The van der Waals surface area contributed by atoms with Crippen LogP contribution in [-0.2, 0) is 4.79 Å². The first-order valence-electron chi connectivity index (χ1n) is 6.46. The summed E-state index contributed by atoms with van der Waals surface area (Å²) < 4.78 is 2.40. The summed E-state index contributed by atoms with van der Waals surface area (Å²) in [6, 6.07) is 0.696. The van der Waals surface area contributed by atoms with Crippen molar-refractivity contribution < 1.29 is 4.79 Å². The van der Waals surface area contributed by atoms with Gasteiger partial charge >= 0.3 is 0 Å². The van der Waals surface area contributed by atoms with Gasteiger partial charge < -0.3 is 4.90 Å². The molecule has 1 amide bonds. The minimum atomic E-state index is 0.225. The van der Waals surface area contributed by atoms with E-state index in [1.54, 1.807) is 18.9 Å². The topological polar surface area (TPSA) is 23.6 Å². The molecule has 1 saturated heterocycles. The van der Waals surface area contributed by atoms with E-state index in [9.17, 15) is 4.79 Å². The summed E-state index contributed by atoms with van der Waals surface area (Å²) in [5.41, 5.74) is 0. The highest BCUT2D eigenvalue weighted by atomic mass is 32.2. The Hall–Kier alpha value is -0.220. The second-order valence-corrected chi connectivity index (χ2v) is 6.46. The molecule has 0 aliphatic carbocycles. The van der Waals surface area contributed by atoms with Gasteiger partial charge in [-0.2, -0.15) is 0 Å². The van der Waals surface area contributed by atoms with Gasteiger partial charge in [0.15, 0.2) is 0 Å². The zero-order chi connectivity index (χ0) is 13.2. The van der Waals surface area contributed by atoms with Crippen molar-refractivity contribution in [1.29, 1.82) is 0 Å². The molecule has 1 fully saturated rings. The van der Waals surface area contributed by atoms with Gasteiger partial charge in [-0.15, -0.1) is 0 Å². The van der Waals surface area contributed by atoms with Crippen molar-refractivity contribution in [3.8, 4) is 0 Å². The number of nitrogens with zero attached hydrogens (tertiary/aromatic N) is 2. The number of piperazine rings is 1. The van der Waals surface area contributed by atoms with E-state index in [0.717, 1.165) is 13.1 Å². The zero-order valence-electron chi connectivity index (χ0n) is 11.9. The van der Waals surface area contributed by atoms with Crippen molar-refractivity contribution in [2.45, 2.75) is 46.7 Å². The van der Waals surface area contributed by atoms with Crippen molar-refractivity contribution in [2.24, 2.45) is 11.8 Å². The highest BCUT2D eigenvalue weighted by molar-refractivity contribution is 7.96. The highest BCUT2D eigenvalue weighted by Crippen LogP contribution is 2.28. The van der Waals surface area contributed by atoms with Crippen LogP contribution in [0.15, 0.2) is 0 Å². The van der Waals surface area contributed by atoms with Crippen LogP contribution in [-0.4, -0.2) is 46.5 Å². The number of carbonyl (C=O) groups is 1. The van der Waals surface area contributed by atoms with Gasteiger partial charge in [-0.25, -0.2) is 4.31 Å². The predicted octanol–water partition coefficient (Wildman–Crippen LogP) is 2.48. The van der Waals surface area contributed by atoms with Crippen LogP contribution in [0.3, 0.4) is 0 Å². The second-order valence-electron chi connectivity index (χ2n) is 5.58. The fourth-order valence-electron chi connectivity index (χ4n) is 2.59. The van der Waals surface area contributed by atoms with E-state index in [0.29, 0.717) is 23.9 Å². The smallest absolute Gasteiger partial charge is 0.220 e. The quantitative estimate of drug-likeness (QED) is 0.727. The number of carbonyl (C=O) groups excluding carboxylic acids is 1. The molecule has 1 aliphatic rings. The molecule has 1 aliphatic heterocycles. The van der Waals surface area contributed by atoms with Gasteiger partial charge in [-0.05, 0) is 18.1 Å². The Labute approximate surface area is 110 Å². The maximum Gasteiger partial charge on any atom is 0.220 e. The van der Waals surface area contributed by atoms with Crippen LogP contribution in [0.5, 0.6) is 0 Å². The first-order valence-corrected chi connectivity index (χ1v) is 7.64. The molecule has 1 rings (SSSR count). The van der Waals surface area contributed by atoms with Crippen LogP contribution < -0.4 is 0 Å². The van der Waals surface area contributed by atoms with Crippen molar-refractivity contribution in [2.75, 3.05) is 19.3 Å². The van der Waals surface area contributed by atoms with Crippen LogP contribution in [0, 0.1) is 11.8 Å². The Morgan fingerprint density at radius 2 is 1.53 bits per heavy atom. The van der Waals surface area contributed by atoms with Crippen molar-refractivity contribution in [3.05, 3.63) is 0 Å². The van der Waals surface area contributed by atoms with Gasteiger partial charge in [0.05, 0.1) is 0 Å². The standard InChI is InChI=1S/C13H26N2OS/c1-9(2)12-7-14(17-6)8-13(10(3)4)15(12)11(5)16/h9-10,12-13H,7-8H2,1-6H3. The van der Waals surface area contributed by atoms with Crippen molar-refractivity contribution in [1.82, 2.24) is 9.21 Å². The van der Waals surface area contributed by atoms with E-state index in [2.05, 4.69) is 43.2 Å². The van der Waals surface area contributed by atoms with E-state index in [1.165, 1.54) is 0 Å². The zero-order valence-corrected chi connectivity index (χ0v) is 12.8. The molecule has 2 atom stereocenters. The summed E-state index contributed by atoms with van der Waals surface area (Å²) in [5.74, 6) is 1.24. The maximum absolute atomic E-state index is 11.9. The summed E-state index contributed by atoms with van der Waals surface area (Å²) >= 11 is 1.80. The SMILES string of the molecule is CSN1CC(C(C)C)N(C(C)=O)C(C(C)C)C1. The molecule has 2 unspecified atom stereocenters. The third kappa shape index (κ3) is 3.38. The Balaban J connectivity index is 2.96. The molecular weight excluding hydrogens is 232 g/mol. The lowest BCUT2D eigenvalue weighted by Gasteiger charge is -2.49. The minimum Gasteiger partial charge on any atom is -0.334 e. The average Bonchev–Trinajstić information content (AvgIpc) is 2.26. The van der Waals surface area contributed by atoms with E-state index in [-0.39, 0.29) is 5.91 Å². The van der Waals surface area contributed by atoms with Crippen molar-refractivity contribution >= 4 is 17.9 Å². The lowest BCUT2D eigenvalue weighted by atomic mass is 9.92. The van der Waals surface area contributed by atoms with Gasteiger partial charge in [-0.1, -0.05) is 39.6 Å². The number of amides is 1. The van der Waals surface area contributed by atoms with Crippen LogP contribution in [0.1, 0.15) is 34.6 Å². The molecule has 0 saturated carbocycles. The summed E-state index contributed by atoms with van der Waals surface area (Å²) in [6.07, 6.45) is 2.12. The molecule has 0 radical (unpaired) electrons. The summed E-state index contributed by atoms with van der Waals surface area (Å²) in [6.45, 7) is 12.5. The van der Waals surface area contributed by atoms with Gasteiger partial charge in [0, 0.05) is 32.1 Å². The fourth-order valence-corrected chi connectivity index (χ4v) is 3.20. The Morgan fingerprint density at radius 3 is 1.76 bits per heavy atom. The minimum absolute atomic E-state index is 0.225. The molecule has 17 heavy (non-hydrogen) atoms. The normalized spacial score (nSPS) is 26.9. The van der Waals surface area contributed by atoms with Crippen LogP contribution >= 0.6 is 11.9 Å². The second kappa shape index (κ2) is 6.10. The van der Waals surface area contributed by atoms with Gasteiger partial charge in [0.1, 0.15) is 0 Å². The first kappa shape index (κ1) is 14.8. The van der Waals surface area contributed by atoms with Gasteiger partial charge in [0.25, 0.3) is 0 Å². The van der Waals surface area contributed by atoms with Crippen molar-refractivity contribution in [3.63, 3.8) is 0 Å². The Morgan fingerprint density at radius 1 is 1.12 bits per heavy atom. The van der Waals surface area contributed by atoms with E-state index in [1.807, 2.05) is 0 Å².